The monoisotopic (exact) mass is 218 g/mol. The van der Waals surface area contributed by atoms with Crippen molar-refractivity contribution in [3.63, 3.8) is 0 Å². The Hall–Kier alpha value is -0.180. The first-order valence-electron chi connectivity index (χ1n) is 4.97. The van der Waals surface area contributed by atoms with E-state index in [2.05, 4.69) is 27.0 Å². The van der Waals surface area contributed by atoms with E-state index in [4.69, 9.17) is 4.74 Å². The topological polar surface area (TPSA) is 26.3 Å². The lowest BCUT2D eigenvalue weighted by Gasteiger charge is -2.24. The van der Waals surface area contributed by atoms with Crippen LogP contribution in [0.4, 0.5) is 0 Å². The third-order valence-corrected chi connectivity index (χ3v) is 2.71. The lowest BCUT2D eigenvalue weighted by Crippen LogP contribution is -2.23. The maximum atomic E-state index is 11.5. The molecule has 0 spiro atoms. The second kappa shape index (κ2) is 6.33. The van der Waals surface area contributed by atoms with Gasteiger partial charge in [0.15, 0.2) is 0 Å². The highest BCUT2D eigenvalue weighted by atomic mass is 32.2. The Labute approximate surface area is 91.8 Å². The molecular weight excluding hydrogens is 196 g/mol. The minimum Gasteiger partial charge on any atom is -0.469 e. The maximum Gasteiger partial charge on any atom is 0.308 e. The second-order valence-corrected chi connectivity index (χ2v) is 5.75. The van der Waals surface area contributed by atoms with Gasteiger partial charge in [-0.3, -0.25) is 4.79 Å². The quantitative estimate of drug-likeness (QED) is 0.664. The van der Waals surface area contributed by atoms with Crippen molar-refractivity contribution in [1.82, 2.24) is 0 Å². The molecular formula is C11H22O2S. The second-order valence-electron chi connectivity index (χ2n) is 4.77. The van der Waals surface area contributed by atoms with Gasteiger partial charge in [-0.25, -0.2) is 0 Å². The summed E-state index contributed by atoms with van der Waals surface area (Å²) in [5.41, 5.74) is 0.192. The number of methoxy groups -OCH3 is 1. The van der Waals surface area contributed by atoms with Gasteiger partial charge in [0.25, 0.3) is 0 Å². The summed E-state index contributed by atoms with van der Waals surface area (Å²) in [7, 11) is 1.47. The van der Waals surface area contributed by atoms with Crippen molar-refractivity contribution in [1.29, 1.82) is 0 Å². The molecule has 2 nitrogen and oxygen atoms in total. The molecule has 0 rings (SSSR count). The molecule has 0 fully saturated rings. The summed E-state index contributed by atoms with van der Waals surface area (Å²) in [4.78, 5) is 11.5. The van der Waals surface area contributed by atoms with E-state index in [1.165, 1.54) is 7.11 Å². The molecule has 0 heterocycles. The number of rotatable bonds is 5. The molecule has 1 unspecified atom stereocenters. The minimum atomic E-state index is -0.0611. The predicted octanol–water partition coefficient (Wildman–Crippen LogP) is 2.96. The van der Waals surface area contributed by atoms with Crippen LogP contribution in [0.1, 0.15) is 33.6 Å². The first kappa shape index (κ1) is 13.8. The van der Waals surface area contributed by atoms with Crippen LogP contribution in [0.25, 0.3) is 0 Å². The van der Waals surface area contributed by atoms with Crippen molar-refractivity contribution in [3.8, 4) is 0 Å². The maximum absolute atomic E-state index is 11.5. The Kier molecular flexibility index (Phi) is 6.25. The van der Waals surface area contributed by atoms with Crippen LogP contribution in [-0.4, -0.2) is 25.1 Å². The summed E-state index contributed by atoms with van der Waals surface area (Å²) >= 11 is 1.78. The van der Waals surface area contributed by atoms with E-state index in [1.807, 2.05) is 0 Å². The van der Waals surface area contributed by atoms with Crippen molar-refractivity contribution in [2.75, 3.05) is 19.1 Å². The zero-order chi connectivity index (χ0) is 11.2. The van der Waals surface area contributed by atoms with Crippen LogP contribution in [0, 0.1) is 11.3 Å². The van der Waals surface area contributed by atoms with Gasteiger partial charge in [0, 0.05) is 0 Å². The van der Waals surface area contributed by atoms with E-state index >= 15 is 0 Å². The van der Waals surface area contributed by atoms with Gasteiger partial charge in [-0.1, -0.05) is 20.8 Å². The number of hydrogen-bond donors (Lipinski definition) is 0. The number of ether oxygens (including phenoxy) is 1. The smallest absolute Gasteiger partial charge is 0.308 e. The van der Waals surface area contributed by atoms with Crippen molar-refractivity contribution < 1.29 is 9.53 Å². The van der Waals surface area contributed by atoms with E-state index in [1.54, 1.807) is 11.8 Å². The summed E-state index contributed by atoms with van der Waals surface area (Å²) in [6, 6.07) is 0. The molecule has 3 heteroatoms. The third-order valence-electron chi connectivity index (χ3n) is 2.06. The molecule has 0 saturated carbocycles. The van der Waals surface area contributed by atoms with E-state index in [0.29, 0.717) is 0 Å². The fourth-order valence-electron chi connectivity index (χ4n) is 1.47. The van der Waals surface area contributed by atoms with Crippen molar-refractivity contribution >= 4 is 17.7 Å². The summed E-state index contributed by atoms with van der Waals surface area (Å²) < 4.78 is 4.81. The number of hydrogen-bond acceptors (Lipinski definition) is 3. The highest BCUT2D eigenvalue weighted by Crippen LogP contribution is 2.27. The number of thioether (sulfide) groups is 1. The largest absolute Gasteiger partial charge is 0.469 e. The molecule has 1 atom stereocenters. The molecule has 0 aromatic heterocycles. The standard InChI is InChI=1S/C11H22O2S/c1-11(2,3)8-9(6-7-14-5)10(12)13-4/h9H,6-8H2,1-5H3. The van der Waals surface area contributed by atoms with Gasteiger partial charge in [0.05, 0.1) is 13.0 Å². The van der Waals surface area contributed by atoms with Gasteiger partial charge >= 0.3 is 5.97 Å². The number of carbonyl (C=O) groups excluding carboxylic acids is 1. The molecule has 0 bridgehead atoms. The molecule has 0 aliphatic rings. The van der Waals surface area contributed by atoms with E-state index < -0.39 is 0 Å². The van der Waals surface area contributed by atoms with Crippen LogP contribution >= 0.6 is 11.8 Å². The zero-order valence-corrected chi connectivity index (χ0v) is 10.7. The Balaban J connectivity index is 4.18. The lowest BCUT2D eigenvalue weighted by molar-refractivity contribution is -0.146. The summed E-state index contributed by atoms with van der Waals surface area (Å²) in [5, 5.41) is 0. The zero-order valence-electron chi connectivity index (χ0n) is 9.92. The molecule has 0 N–H and O–H groups in total. The Morgan fingerprint density at radius 3 is 2.36 bits per heavy atom. The first-order valence-corrected chi connectivity index (χ1v) is 6.37. The highest BCUT2D eigenvalue weighted by molar-refractivity contribution is 7.98. The summed E-state index contributed by atoms with van der Waals surface area (Å²) in [5.74, 6) is 1.02. The third kappa shape index (κ3) is 6.30. The molecule has 0 aromatic rings. The predicted molar refractivity (Wildman–Crippen MR) is 62.6 cm³/mol. The molecule has 0 saturated heterocycles. The molecule has 0 aromatic carbocycles. The van der Waals surface area contributed by atoms with Crippen LogP contribution in [0.2, 0.25) is 0 Å². The summed E-state index contributed by atoms with van der Waals surface area (Å²) in [6.07, 6.45) is 3.89. The van der Waals surface area contributed by atoms with Crippen LogP contribution < -0.4 is 0 Å². The van der Waals surface area contributed by atoms with Crippen LogP contribution in [0.3, 0.4) is 0 Å². The minimum absolute atomic E-state index is 0.0611. The SMILES string of the molecule is COC(=O)C(CCSC)CC(C)(C)C. The number of esters is 1. The first-order chi connectivity index (χ1) is 6.40. The molecule has 0 aliphatic heterocycles. The molecule has 14 heavy (non-hydrogen) atoms. The van der Waals surface area contributed by atoms with Crippen molar-refractivity contribution in [2.45, 2.75) is 33.6 Å². The van der Waals surface area contributed by atoms with Gasteiger partial charge in [0.1, 0.15) is 0 Å². The Morgan fingerprint density at radius 1 is 1.43 bits per heavy atom. The Bertz CT molecular complexity index is 173. The number of carbonyl (C=O) groups is 1. The van der Waals surface area contributed by atoms with Crippen molar-refractivity contribution in [3.05, 3.63) is 0 Å². The van der Waals surface area contributed by atoms with Crippen LogP contribution in [0.5, 0.6) is 0 Å². The van der Waals surface area contributed by atoms with Gasteiger partial charge < -0.3 is 4.74 Å². The van der Waals surface area contributed by atoms with Crippen LogP contribution in [0.15, 0.2) is 0 Å². The average molecular weight is 218 g/mol. The van der Waals surface area contributed by atoms with Gasteiger partial charge in [-0.05, 0) is 30.3 Å². The summed E-state index contributed by atoms with van der Waals surface area (Å²) in [6.45, 7) is 6.46. The van der Waals surface area contributed by atoms with Crippen molar-refractivity contribution in [2.24, 2.45) is 11.3 Å². The normalized spacial score (nSPS) is 13.8. The molecule has 0 aliphatic carbocycles. The van der Waals surface area contributed by atoms with Gasteiger partial charge in [0.2, 0.25) is 0 Å². The highest BCUT2D eigenvalue weighted by Gasteiger charge is 2.24. The van der Waals surface area contributed by atoms with E-state index in [-0.39, 0.29) is 17.3 Å². The molecule has 84 valence electrons. The van der Waals surface area contributed by atoms with Gasteiger partial charge in [-0.2, -0.15) is 11.8 Å². The molecule has 0 amide bonds. The molecule has 0 radical (unpaired) electrons. The van der Waals surface area contributed by atoms with E-state index in [9.17, 15) is 4.79 Å². The lowest BCUT2D eigenvalue weighted by atomic mass is 9.83. The van der Waals surface area contributed by atoms with E-state index in [0.717, 1.165) is 18.6 Å². The van der Waals surface area contributed by atoms with Gasteiger partial charge in [-0.15, -0.1) is 0 Å². The fourth-order valence-corrected chi connectivity index (χ4v) is 1.99. The van der Waals surface area contributed by atoms with Crippen LogP contribution in [-0.2, 0) is 9.53 Å². The average Bonchev–Trinajstić information content (AvgIpc) is 2.09. The fraction of sp³-hybridized carbons (Fsp3) is 0.909. The Morgan fingerprint density at radius 2 is 2.00 bits per heavy atom.